The molecule has 0 spiro atoms. The van der Waals surface area contributed by atoms with Crippen molar-refractivity contribution in [3.05, 3.63) is 102 Å². The van der Waals surface area contributed by atoms with Crippen molar-refractivity contribution in [3.63, 3.8) is 0 Å². The van der Waals surface area contributed by atoms with Crippen molar-refractivity contribution in [3.8, 4) is 0 Å². The van der Waals surface area contributed by atoms with Crippen LogP contribution in [0.2, 0.25) is 0 Å². The number of rotatable bonds is 4. The van der Waals surface area contributed by atoms with E-state index in [4.69, 9.17) is 0 Å². The van der Waals surface area contributed by atoms with Gasteiger partial charge in [-0.15, -0.1) is 11.3 Å². The van der Waals surface area contributed by atoms with E-state index in [1.54, 1.807) is 15.9 Å². The summed E-state index contributed by atoms with van der Waals surface area (Å²) in [6, 6.07) is 11.3. The third-order valence-corrected chi connectivity index (χ3v) is 7.04. The maximum absolute atomic E-state index is 14.7. The molecule has 0 saturated carbocycles. The van der Waals surface area contributed by atoms with Gasteiger partial charge < -0.3 is 9.80 Å². The average Bonchev–Trinajstić information content (AvgIpc) is 3.42. The lowest BCUT2D eigenvalue weighted by atomic mass is 10.1. The van der Waals surface area contributed by atoms with Crippen LogP contribution in [0.3, 0.4) is 0 Å². The van der Waals surface area contributed by atoms with E-state index in [0.29, 0.717) is 31.1 Å². The van der Waals surface area contributed by atoms with Gasteiger partial charge in [0.15, 0.2) is 0 Å². The molecular weight excluding hydrogens is 490 g/mol. The number of thiophene rings is 1. The minimum Gasteiger partial charge on any atom is -0.335 e. The Morgan fingerprint density at radius 1 is 0.889 bits per heavy atom. The number of aromatic nitrogens is 2. The number of nitrogens with zero attached hydrogens (tertiary/aromatic N) is 3. The zero-order valence-electron chi connectivity index (χ0n) is 18.9. The largest absolute Gasteiger partial charge is 0.335 e. The first-order valence-corrected chi connectivity index (χ1v) is 12.0. The molecule has 184 valence electrons. The van der Waals surface area contributed by atoms with Gasteiger partial charge >= 0.3 is 5.69 Å². The number of carbonyl (C=O) groups excluding carboxylic acids is 2. The molecule has 2 amide bonds. The van der Waals surface area contributed by atoms with Crippen molar-refractivity contribution in [1.82, 2.24) is 19.4 Å². The van der Waals surface area contributed by atoms with E-state index in [1.807, 2.05) is 11.4 Å². The third kappa shape index (κ3) is 4.33. The van der Waals surface area contributed by atoms with Crippen molar-refractivity contribution in [2.24, 2.45) is 0 Å². The Balaban J connectivity index is 1.37. The minimum absolute atomic E-state index is 0.0198. The lowest BCUT2D eigenvalue weighted by Crippen LogP contribution is -2.50. The Morgan fingerprint density at radius 2 is 1.61 bits per heavy atom. The predicted molar refractivity (Wildman–Crippen MR) is 130 cm³/mol. The molecule has 1 aliphatic heterocycles. The van der Waals surface area contributed by atoms with E-state index in [1.165, 1.54) is 35.6 Å². The van der Waals surface area contributed by atoms with E-state index in [9.17, 15) is 28.0 Å². The Labute approximate surface area is 207 Å². The number of benzene rings is 2. The zero-order chi connectivity index (χ0) is 25.4. The lowest BCUT2D eigenvalue weighted by Gasteiger charge is -2.34. The van der Waals surface area contributed by atoms with Gasteiger partial charge in [0.1, 0.15) is 11.6 Å². The SMILES string of the molecule is O=C(c1ccc(F)c(Cn2c(=O)[nH]c(=O)c3c(F)cccc32)c1)N1CCN(C(=O)c2cccs2)CC1. The molecule has 8 nitrogen and oxygen atoms in total. The Bertz CT molecular complexity index is 1590. The fraction of sp³-hybridized carbons (Fsp3) is 0.200. The van der Waals surface area contributed by atoms with Gasteiger partial charge in [-0.2, -0.15) is 0 Å². The Kier molecular flexibility index (Phi) is 6.23. The molecule has 0 bridgehead atoms. The highest BCUT2D eigenvalue weighted by Gasteiger charge is 2.26. The van der Waals surface area contributed by atoms with Gasteiger partial charge in [-0.05, 0) is 41.8 Å². The van der Waals surface area contributed by atoms with Crippen LogP contribution in [0.5, 0.6) is 0 Å². The number of H-pyrrole nitrogens is 1. The summed E-state index contributed by atoms with van der Waals surface area (Å²) < 4.78 is 30.0. The highest BCUT2D eigenvalue weighted by molar-refractivity contribution is 7.12. The fourth-order valence-corrected chi connectivity index (χ4v) is 5.00. The number of hydrogen-bond acceptors (Lipinski definition) is 5. The molecule has 1 saturated heterocycles. The molecule has 1 aliphatic rings. The number of hydrogen-bond donors (Lipinski definition) is 1. The Morgan fingerprint density at radius 3 is 2.31 bits per heavy atom. The van der Waals surface area contributed by atoms with Crippen molar-refractivity contribution < 1.29 is 18.4 Å². The summed E-state index contributed by atoms with van der Waals surface area (Å²) in [6.45, 7) is 1.09. The highest BCUT2D eigenvalue weighted by Crippen LogP contribution is 2.19. The maximum Gasteiger partial charge on any atom is 0.329 e. The second-order valence-corrected chi connectivity index (χ2v) is 9.29. The van der Waals surface area contributed by atoms with E-state index in [0.717, 1.165) is 16.7 Å². The lowest BCUT2D eigenvalue weighted by molar-refractivity contribution is 0.0538. The van der Waals surface area contributed by atoms with Crippen LogP contribution in [0.25, 0.3) is 10.9 Å². The smallest absolute Gasteiger partial charge is 0.329 e. The molecular formula is C25H20F2N4O4S. The van der Waals surface area contributed by atoms with Crippen LogP contribution >= 0.6 is 11.3 Å². The quantitative estimate of drug-likeness (QED) is 0.457. The zero-order valence-corrected chi connectivity index (χ0v) is 19.7. The summed E-state index contributed by atoms with van der Waals surface area (Å²) in [5.41, 5.74) is -1.41. The average molecular weight is 511 g/mol. The summed E-state index contributed by atoms with van der Waals surface area (Å²) in [4.78, 5) is 56.2. The van der Waals surface area contributed by atoms with Crippen LogP contribution in [0.15, 0.2) is 63.5 Å². The first-order valence-electron chi connectivity index (χ1n) is 11.2. The first kappa shape index (κ1) is 23.6. The van der Waals surface area contributed by atoms with Crippen LogP contribution in [0.4, 0.5) is 8.78 Å². The standard InChI is InChI=1S/C25H20F2N4O4S/c26-17-7-6-15(23(33)29-8-10-30(11-9-29)24(34)20-5-2-12-36-20)13-16(17)14-31-19-4-1-3-18(27)21(19)22(32)28-25(31)35/h1-7,12-13H,8-11,14H2,(H,28,32,35). The summed E-state index contributed by atoms with van der Waals surface area (Å²) in [5.74, 6) is -1.86. The number of aromatic amines is 1. The molecule has 11 heteroatoms. The molecule has 5 rings (SSSR count). The van der Waals surface area contributed by atoms with Gasteiger partial charge in [-0.25, -0.2) is 13.6 Å². The number of amides is 2. The van der Waals surface area contributed by atoms with Crippen LogP contribution < -0.4 is 11.2 Å². The van der Waals surface area contributed by atoms with Gasteiger partial charge in [0.25, 0.3) is 17.4 Å². The van der Waals surface area contributed by atoms with Crippen molar-refractivity contribution in [1.29, 1.82) is 0 Å². The number of piperazine rings is 1. The van der Waals surface area contributed by atoms with Gasteiger partial charge in [0, 0.05) is 37.3 Å². The monoisotopic (exact) mass is 510 g/mol. The molecule has 1 fully saturated rings. The van der Waals surface area contributed by atoms with E-state index in [2.05, 4.69) is 4.98 Å². The summed E-state index contributed by atoms with van der Waals surface area (Å²) >= 11 is 1.36. The normalized spacial score (nSPS) is 13.8. The Hall–Kier alpha value is -4.12. The number of halogens is 2. The second kappa shape index (κ2) is 9.50. The molecule has 0 radical (unpaired) electrons. The molecule has 0 atom stereocenters. The fourth-order valence-electron chi connectivity index (χ4n) is 4.31. The molecule has 2 aromatic carbocycles. The molecule has 0 aliphatic carbocycles. The molecule has 0 unspecified atom stereocenters. The van der Waals surface area contributed by atoms with Gasteiger partial charge in [0.05, 0.1) is 22.3 Å². The van der Waals surface area contributed by atoms with Gasteiger partial charge in [-0.1, -0.05) is 12.1 Å². The maximum atomic E-state index is 14.7. The molecule has 3 heterocycles. The summed E-state index contributed by atoms with van der Waals surface area (Å²) in [7, 11) is 0. The van der Waals surface area contributed by atoms with E-state index >= 15 is 0 Å². The number of nitrogens with one attached hydrogen (secondary N) is 1. The molecule has 2 aromatic heterocycles. The summed E-state index contributed by atoms with van der Waals surface area (Å²) in [5, 5.41) is 1.53. The van der Waals surface area contributed by atoms with Gasteiger partial charge in [0.2, 0.25) is 0 Å². The van der Waals surface area contributed by atoms with Crippen molar-refractivity contribution in [2.75, 3.05) is 26.2 Å². The number of carbonyl (C=O) groups is 2. The molecule has 36 heavy (non-hydrogen) atoms. The van der Waals surface area contributed by atoms with Gasteiger partial charge in [-0.3, -0.25) is 23.9 Å². The molecule has 4 aromatic rings. The number of fused-ring (bicyclic) bond motifs is 1. The highest BCUT2D eigenvalue weighted by atomic mass is 32.1. The van der Waals surface area contributed by atoms with E-state index in [-0.39, 0.29) is 40.4 Å². The second-order valence-electron chi connectivity index (χ2n) is 8.35. The third-order valence-electron chi connectivity index (χ3n) is 6.18. The summed E-state index contributed by atoms with van der Waals surface area (Å²) in [6.07, 6.45) is 0. The molecule has 1 N–H and O–H groups in total. The minimum atomic E-state index is -0.870. The van der Waals surface area contributed by atoms with Crippen LogP contribution in [-0.4, -0.2) is 57.3 Å². The van der Waals surface area contributed by atoms with Crippen molar-refractivity contribution >= 4 is 34.1 Å². The predicted octanol–water partition coefficient (Wildman–Crippen LogP) is 2.68. The van der Waals surface area contributed by atoms with Crippen LogP contribution in [0.1, 0.15) is 25.6 Å². The topological polar surface area (TPSA) is 95.5 Å². The first-order chi connectivity index (χ1) is 17.3. The van der Waals surface area contributed by atoms with Crippen LogP contribution in [0, 0.1) is 11.6 Å². The van der Waals surface area contributed by atoms with E-state index < -0.39 is 22.9 Å². The van der Waals surface area contributed by atoms with Crippen LogP contribution in [-0.2, 0) is 6.54 Å². The van der Waals surface area contributed by atoms with Crippen molar-refractivity contribution in [2.45, 2.75) is 6.54 Å².